The number of fused-ring (bicyclic) bond motifs is 5. The van der Waals surface area contributed by atoms with Crippen LogP contribution in [0.3, 0.4) is 0 Å². The van der Waals surface area contributed by atoms with E-state index in [2.05, 4.69) is 47.1 Å². The third-order valence-electron chi connectivity index (χ3n) is 5.42. The van der Waals surface area contributed by atoms with Gasteiger partial charge in [-0.25, -0.2) is 9.97 Å². The summed E-state index contributed by atoms with van der Waals surface area (Å²) in [5, 5.41) is 1.72. The van der Waals surface area contributed by atoms with Crippen molar-refractivity contribution in [3.8, 4) is 28.5 Å². The van der Waals surface area contributed by atoms with E-state index in [4.69, 9.17) is 24.2 Å². The van der Waals surface area contributed by atoms with E-state index in [9.17, 15) is 0 Å². The van der Waals surface area contributed by atoms with Gasteiger partial charge in [-0.15, -0.1) is 0 Å². The van der Waals surface area contributed by atoms with Gasteiger partial charge in [0.25, 0.3) is 0 Å². The number of aromatic nitrogens is 3. The molecule has 0 amide bonds. The van der Waals surface area contributed by atoms with Crippen LogP contribution in [0.15, 0.2) is 53.1 Å². The lowest BCUT2D eigenvalue weighted by molar-refractivity contribution is 0.327. The first-order valence-electron chi connectivity index (χ1n) is 9.72. The Kier molecular flexibility index (Phi) is 4.70. The lowest BCUT2D eigenvalue weighted by atomic mass is 10.0. The summed E-state index contributed by atoms with van der Waals surface area (Å²) in [6, 6.07) is 14.2. The largest absolute Gasteiger partial charge is 0.493 e. The molecule has 0 N–H and O–H groups in total. The molecule has 0 radical (unpaired) electrons. The molecule has 3 aromatic heterocycles. The maximum atomic E-state index is 5.83. The fraction of sp³-hybridized carbons (Fsp3) is 0.167. The van der Waals surface area contributed by atoms with E-state index in [1.807, 2.05) is 28.8 Å². The van der Waals surface area contributed by atoms with Crippen LogP contribution in [0.1, 0.15) is 5.56 Å². The zero-order valence-corrected chi connectivity index (χ0v) is 19.1. The number of hydrogen-bond donors (Lipinski definition) is 0. The van der Waals surface area contributed by atoms with E-state index in [-0.39, 0.29) is 0 Å². The quantitative estimate of drug-likeness (QED) is 0.327. The number of pyridine rings is 2. The number of methoxy groups -OCH3 is 3. The Morgan fingerprint density at radius 1 is 0.871 bits per heavy atom. The number of aryl methyl sites for hydroxylation is 1. The minimum atomic E-state index is 0.526. The van der Waals surface area contributed by atoms with Gasteiger partial charge >= 0.3 is 0 Å². The fourth-order valence-corrected chi connectivity index (χ4v) is 4.29. The van der Waals surface area contributed by atoms with Gasteiger partial charge in [0, 0.05) is 21.6 Å². The van der Waals surface area contributed by atoms with Gasteiger partial charge in [0.1, 0.15) is 11.2 Å². The van der Waals surface area contributed by atoms with Crippen molar-refractivity contribution in [3.05, 3.63) is 58.7 Å². The molecule has 156 valence electrons. The maximum Gasteiger partial charge on any atom is 0.204 e. The van der Waals surface area contributed by atoms with Gasteiger partial charge in [-0.2, -0.15) is 0 Å². The number of ether oxygens (including phenoxy) is 3. The van der Waals surface area contributed by atoms with Crippen LogP contribution in [0.25, 0.3) is 38.8 Å². The van der Waals surface area contributed by atoms with Crippen LogP contribution >= 0.6 is 15.9 Å². The molecule has 0 saturated carbocycles. The molecule has 0 saturated heterocycles. The van der Waals surface area contributed by atoms with Crippen LogP contribution in [0, 0.1) is 6.92 Å². The molecule has 7 heteroatoms. The Bertz CT molecular complexity index is 1460. The van der Waals surface area contributed by atoms with E-state index < -0.39 is 0 Å². The predicted molar refractivity (Wildman–Crippen MR) is 126 cm³/mol. The van der Waals surface area contributed by atoms with Gasteiger partial charge in [-0.1, -0.05) is 29.8 Å². The van der Waals surface area contributed by atoms with Crippen LogP contribution in [0.2, 0.25) is 0 Å². The summed E-state index contributed by atoms with van der Waals surface area (Å²) in [6.07, 6.45) is 1.97. The molecule has 0 atom stereocenters. The molecule has 5 rings (SSSR count). The van der Waals surface area contributed by atoms with Crippen molar-refractivity contribution in [3.63, 3.8) is 0 Å². The molecule has 6 nitrogen and oxygen atoms in total. The number of nitrogens with zero attached hydrogens (tertiary/aromatic N) is 3. The van der Waals surface area contributed by atoms with Crippen LogP contribution in [0.4, 0.5) is 0 Å². The highest BCUT2D eigenvalue weighted by Gasteiger charge is 2.24. The molecule has 0 aliphatic carbocycles. The van der Waals surface area contributed by atoms with Crippen molar-refractivity contribution in [2.45, 2.75) is 6.92 Å². The first-order chi connectivity index (χ1) is 15.0. The second kappa shape index (κ2) is 7.42. The Morgan fingerprint density at radius 3 is 2.29 bits per heavy atom. The van der Waals surface area contributed by atoms with Crippen molar-refractivity contribution >= 4 is 43.5 Å². The van der Waals surface area contributed by atoms with Crippen molar-refractivity contribution < 1.29 is 14.2 Å². The summed E-state index contributed by atoms with van der Waals surface area (Å²) in [5.41, 5.74) is 5.28. The highest BCUT2D eigenvalue weighted by atomic mass is 79.9. The highest BCUT2D eigenvalue weighted by Crippen LogP contribution is 2.48. The lowest BCUT2D eigenvalue weighted by Gasteiger charge is -2.17. The van der Waals surface area contributed by atoms with Gasteiger partial charge in [0.2, 0.25) is 5.75 Å². The van der Waals surface area contributed by atoms with Gasteiger partial charge in [-0.05, 0) is 41.1 Å². The first kappa shape index (κ1) is 19.6. The molecule has 0 bridgehead atoms. The number of benzene rings is 2. The molecular weight excluding hydrogens is 458 g/mol. The Morgan fingerprint density at radius 2 is 1.61 bits per heavy atom. The number of hydrogen-bond acceptors (Lipinski definition) is 5. The summed E-state index contributed by atoms with van der Waals surface area (Å²) in [4.78, 5) is 9.94. The van der Waals surface area contributed by atoms with Gasteiger partial charge in [0.15, 0.2) is 17.1 Å². The predicted octanol–water partition coefficient (Wildman–Crippen LogP) is 5.80. The summed E-state index contributed by atoms with van der Waals surface area (Å²) < 4.78 is 20.0. The maximum absolute atomic E-state index is 5.83. The average Bonchev–Trinajstić information content (AvgIpc) is 3.15. The highest BCUT2D eigenvalue weighted by molar-refractivity contribution is 9.10. The van der Waals surface area contributed by atoms with Crippen LogP contribution in [-0.2, 0) is 0 Å². The second-order valence-corrected chi connectivity index (χ2v) is 8.17. The molecule has 5 aromatic rings. The number of halogens is 1. The van der Waals surface area contributed by atoms with Gasteiger partial charge < -0.3 is 14.2 Å². The monoisotopic (exact) mass is 477 g/mol. The van der Waals surface area contributed by atoms with E-state index in [0.29, 0.717) is 17.2 Å². The van der Waals surface area contributed by atoms with E-state index in [1.165, 1.54) is 5.56 Å². The van der Waals surface area contributed by atoms with Crippen molar-refractivity contribution in [1.82, 2.24) is 14.4 Å². The molecule has 31 heavy (non-hydrogen) atoms. The van der Waals surface area contributed by atoms with Crippen molar-refractivity contribution in [2.75, 3.05) is 21.3 Å². The van der Waals surface area contributed by atoms with Crippen LogP contribution in [-0.4, -0.2) is 35.7 Å². The number of imidazole rings is 1. The zero-order valence-electron chi connectivity index (χ0n) is 17.6. The van der Waals surface area contributed by atoms with Crippen molar-refractivity contribution in [2.24, 2.45) is 0 Å². The Hall–Kier alpha value is -3.32. The number of rotatable bonds is 4. The third-order valence-corrected chi connectivity index (χ3v) is 5.89. The standard InChI is InChI=1S/C24H20BrN3O3/c1-13-5-7-14(8-6-13)20-19-16(11-17(29-2)22(30-3)23(19)31-4)21-24(27-20)28-12-15(25)9-10-18(28)26-21/h5-12H,1-4H3. The Labute approximate surface area is 187 Å². The molecule has 0 unspecified atom stereocenters. The summed E-state index contributed by atoms with van der Waals surface area (Å²) >= 11 is 3.56. The van der Waals surface area contributed by atoms with E-state index in [0.717, 1.165) is 43.3 Å². The third kappa shape index (κ3) is 2.99. The molecule has 0 fully saturated rings. The zero-order chi connectivity index (χ0) is 21.7. The van der Waals surface area contributed by atoms with E-state index >= 15 is 0 Å². The topological polar surface area (TPSA) is 57.9 Å². The molecule has 2 aromatic carbocycles. The lowest BCUT2D eigenvalue weighted by Crippen LogP contribution is -1.99. The average molecular weight is 478 g/mol. The van der Waals surface area contributed by atoms with Crippen LogP contribution < -0.4 is 14.2 Å². The summed E-state index contributed by atoms with van der Waals surface area (Å²) in [7, 11) is 4.84. The van der Waals surface area contributed by atoms with E-state index in [1.54, 1.807) is 21.3 Å². The molecule has 0 aliphatic rings. The first-order valence-corrected chi connectivity index (χ1v) is 10.5. The van der Waals surface area contributed by atoms with Gasteiger partial charge in [0.05, 0.1) is 32.4 Å². The SMILES string of the molecule is COc1cc2c(c(-c3ccc(C)cc3)nc3c2nc2ccc(Br)cn23)c(OC)c1OC. The van der Waals surface area contributed by atoms with Crippen molar-refractivity contribution in [1.29, 1.82) is 0 Å². The molecule has 3 heterocycles. The molecule has 0 aliphatic heterocycles. The minimum Gasteiger partial charge on any atom is -0.493 e. The fourth-order valence-electron chi connectivity index (χ4n) is 3.95. The smallest absolute Gasteiger partial charge is 0.204 e. The summed E-state index contributed by atoms with van der Waals surface area (Å²) in [5.74, 6) is 1.67. The second-order valence-electron chi connectivity index (χ2n) is 7.25. The molecular formula is C24H20BrN3O3. The normalized spacial score (nSPS) is 11.4. The molecule has 0 spiro atoms. The van der Waals surface area contributed by atoms with Crippen LogP contribution in [0.5, 0.6) is 17.2 Å². The minimum absolute atomic E-state index is 0.526. The van der Waals surface area contributed by atoms with Gasteiger partial charge in [-0.3, -0.25) is 4.40 Å². The summed E-state index contributed by atoms with van der Waals surface area (Å²) in [6.45, 7) is 2.06. The Balaban J connectivity index is 2.04.